The average molecular weight is 323 g/mol. The summed E-state index contributed by atoms with van der Waals surface area (Å²) in [5, 5.41) is 8.03. The molecule has 7 heteroatoms. The highest BCUT2D eigenvalue weighted by atomic mass is 35.5. The Bertz CT molecular complexity index is 619. The normalized spacial score (nSPS) is 19.3. The van der Waals surface area contributed by atoms with E-state index in [2.05, 4.69) is 27.4 Å². The van der Waals surface area contributed by atoms with Gasteiger partial charge in [-0.2, -0.15) is 4.98 Å². The van der Waals surface area contributed by atoms with Gasteiger partial charge in [-0.25, -0.2) is 0 Å². The van der Waals surface area contributed by atoms with Crippen molar-refractivity contribution < 1.29 is 9.26 Å². The van der Waals surface area contributed by atoms with Crippen LogP contribution in [-0.4, -0.2) is 48.3 Å². The van der Waals surface area contributed by atoms with E-state index in [-0.39, 0.29) is 6.04 Å². The molecule has 22 heavy (non-hydrogen) atoms. The van der Waals surface area contributed by atoms with Crippen LogP contribution >= 0.6 is 11.6 Å². The fourth-order valence-corrected chi connectivity index (χ4v) is 2.60. The lowest BCUT2D eigenvalue weighted by atomic mass is 10.2. The molecule has 118 valence electrons. The van der Waals surface area contributed by atoms with Gasteiger partial charge in [-0.3, -0.25) is 4.90 Å². The Labute approximate surface area is 134 Å². The van der Waals surface area contributed by atoms with Crippen LogP contribution in [0.5, 0.6) is 5.75 Å². The van der Waals surface area contributed by atoms with Crippen molar-refractivity contribution in [2.24, 2.45) is 0 Å². The number of para-hydroxylation sites is 1. The number of ether oxygens (including phenoxy) is 1. The summed E-state index contributed by atoms with van der Waals surface area (Å²) in [5.74, 6) is 1.98. The number of benzene rings is 1. The number of hydrogen-bond acceptors (Lipinski definition) is 6. The Hall–Kier alpha value is -1.63. The Balaban J connectivity index is 1.55. The standard InChI is InChI=1S/C15H19ClN4O2/c1-20-8-7-17-10-12(20)15-18-14(22-19-15)6-9-21-13-5-3-2-4-11(13)16/h2-5,12,17H,6-10H2,1H3. The lowest BCUT2D eigenvalue weighted by Gasteiger charge is -2.30. The molecule has 1 atom stereocenters. The molecule has 1 aliphatic heterocycles. The Morgan fingerprint density at radius 1 is 1.45 bits per heavy atom. The molecule has 1 aromatic heterocycles. The number of piperazine rings is 1. The van der Waals surface area contributed by atoms with E-state index in [4.69, 9.17) is 20.9 Å². The highest BCUT2D eigenvalue weighted by molar-refractivity contribution is 6.32. The molecule has 0 amide bonds. The zero-order valence-corrected chi connectivity index (χ0v) is 13.2. The van der Waals surface area contributed by atoms with Crippen LogP contribution in [-0.2, 0) is 6.42 Å². The number of likely N-dealkylation sites (N-methyl/N-ethyl adjacent to an activating group) is 1. The second-order valence-corrected chi connectivity index (χ2v) is 5.68. The van der Waals surface area contributed by atoms with Gasteiger partial charge in [-0.15, -0.1) is 0 Å². The van der Waals surface area contributed by atoms with E-state index < -0.39 is 0 Å². The smallest absolute Gasteiger partial charge is 0.230 e. The largest absolute Gasteiger partial charge is 0.491 e. The quantitative estimate of drug-likeness (QED) is 0.907. The van der Waals surface area contributed by atoms with Crippen LogP contribution in [0, 0.1) is 0 Å². The van der Waals surface area contributed by atoms with Crippen LogP contribution in [0.2, 0.25) is 5.02 Å². The lowest BCUT2D eigenvalue weighted by Crippen LogP contribution is -2.44. The maximum Gasteiger partial charge on any atom is 0.230 e. The molecule has 0 saturated carbocycles. The third kappa shape index (κ3) is 3.58. The van der Waals surface area contributed by atoms with Crippen LogP contribution in [0.3, 0.4) is 0 Å². The summed E-state index contributed by atoms with van der Waals surface area (Å²) in [6.07, 6.45) is 0.558. The highest BCUT2D eigenvalue weighted by Gasteiger charge is 2.25. The molecule has 0 bridgehead atoms. The van der Waals surface area contributed by atoms with E-state index in [1.807, 2.05) is 18.2 Å². The van der Waals surface area contributed by atoms with Crippen LogP contribution < -0.4 is 10.1 Å². The fourth-order valence-electron chi connectivity index (χ4n) is 2.41. The second-order valence-electron chi connectivity index (χ2n) is 5.28. The Morgan fingerprint density at radius 2 is 2.32 bits per heavy atom. The second kappa shape index (κ2) is 7.09. The Morgan fingerprint density at radius 3 is 3.14 bits per heavy atom. The van der Waals surface area contributed by atoms with E-state index in [1.165, 1.54) is 0 Å². The summed E-state index contributed by atoms with van der Waals surface area (Å²) >= 11 is 6.04. The van der Waals surface area contributed by atoms with Gasteiger partial charge in [0.2, 0.25) is 5.89 Å². The van der Waals surface area contributed by atoms with E-state index >= 15 is 0 Å². The predicted molar refractivity (Wildman–Crippen MR) is 83.2 cm³/mol. The van der Waals surface area contributed by atoms with Gasteiger partial charge in [0.1, 0.15) is 5.75 Å². The van der Waals surface area contributed by atoms with Crippen LogP contribution in [0.25, 0.3) is 0 Å². The molecule has 1 unspecified atom stereocenters. The first kappa shape index (κ1) is 15.3. The molecule has 3 rings (SSSR count). The third-order valence-electron chi connectivity index (χ3n) is 3.70. The fraction of sp³-hybridized carbons (Fsp3) is 0.467. The van der Waals surface area contributed by atoms with Gasteiger partial charge in [0, 0.05) is 19.6 Å². The minimum atomic E-state index is 0.163. The molecule has 0 radical (unpaired) electrons. The van der Waals surface area contributed by atoms with E-state index in [9.17, 15) is 0 Å². The molecule has 2 aromatic rings. The molecule has 1 saturated heterocycles. The summed E-state index contributed by atoms with van der Waals surface area (Å²) in [6.45, 7) is 3.25. The molecule has 1 N–H and O–H groups in total. The summed E-state index contributed by atoms with van der Waals surface area (Å²) in [6, 6.07) is 7.56. The molecule has 0 aliphatic carbocycles. The van der Waals surface area contributed by atoms with Gasteiger partial charge in [-0.05, 0) is 19.2 Å². The van der Waals surface area contributed by atoms with E-state index in [0.29, 0.717) is 29.7 Å². The van der Waals surface area contributed by atoms with Crippen molar-refractivity contribution in [3.8, 4) is 5.75 Å². The third-order valence-corrected chi connectivity index (χ3v) is 4.02. The lowest BCUT2D eigenvalue weighted by molar-refractivity contribution is 0.190. The van der Waals surface area contributed by atoms with Crippen molar-refractivity contribution >= 4 is 11.6 Å². The average Bonchev–Trinajstić information content (AvgIpc) is 2.98. The van der Waals surface area contributed by atoms with Crippen molar-refractivity contribution in [1.29, 1.82) is 0 Å². The number of hydrogen-bond donors (Lipinski definition) is 1. The molecule has 6 nitrogen and oxygen atoms in total. The zero-order valence-electron chi connectivity index (χ0n) is 12.5. The van der Waals surface area contributed by atoms with Crippen LogP contribution in [0.4, 0.5) is 0 Å². The highest BCUT2D eigenvalue weighted by Crippen LogP contribution is 2.23. The van der Waals surface area contributed by atoms with E-state index in [1.54, 1.807) is 6.07 Å². The molecule has 1 aliphatic rings. The van der Waals surface area contributed by atoms with Crippen molar-refractivity contribution in [2.45, 2.75) is 12.5 Å². The summed E-state index contributed by atoms with van der Waals surface area (Å²) < 4.78 is 10.9. The predicted octanol–water partition coefficient (Wildman–Crippen LogP) is 1.92. The van der Waals surface area contributed by atoms with Crippen LogP contribution in [0.1, 0.15) is 17.8 Å². The van der Waals surface area contributed by atoms with Crippen molar-refractivity contribution in [3.05, 3.63) is 41.0 Å². The van der Waals surface area contributed by atoms with Gasteiger partial charge >= 0.3 is 0 Å². The summed E-state index contributed by atoms with van der Waals surface area (Å²) in [7, 11) is 2.07. The molecule has 0 spiro atoms. The van der Waals surface area contributed by atoms with Crippen molar-refractivity contribution in [2.75, 3.05) is 33.3 Å². The first-order chi connectivity index (χ1) is 10.7. The number of rotatable bonds is 5. The van der Waals surface area contributed by atoms with E-state index in [0.717, 1.165) is 25.5 Å². The molecule has 2 heterocycles. The van der Waals surface area contributed by atoms with Gasteiger partial charge in [-0.1, -0.05) is 28.9 Å². The first-order valence-electron chi connectivity index (χ1n) is 7.35. The molecular weight excluding hydrogens is 304 g/mol. The topological polar surface area (TPSA) is 63.4 Å². The minimum absolute atomic E-state index is 0.163. The van der Waals surface area contributed by atoms with Gasteiger partial charge < -0.3 is 14.6 Å². The molecule has 1 aromatic carbocycles. The maximum atomic E-state index is 6.04. The Kier molecular flexibility index (Phi) is 4.92. The number of aromatic nitrogens is 2. The minimum Gasteiger partial charge on any atom is -0.491 e. The first-order valence-corrected chi connectivity index (χ1v) is 7.72. The van der Waals surface area contributed by atoms with Gasteiger partial charge in [0.15, 0.2) is 5.82 Å². The maximum absolute atomic E-state index is 6.04. The van der Waals surface area contributed by atoms with Gasteiger partial charge in [0.05, 0.1) is 24.1 Å². The van der Waals surface area contributed by atoms with Crippen molar-refractivity contribution in [1.82, 2.24) is 20.4 Å². The zero-order chi connectivity index (χ0) is 15.4. The summed E-state index contributed by atoms with van der Waals surface area (Å²) in [4.78, 5) is 6.69. The summed E-state index contributed by atoms with van der Waals surface area (Å²) in [5.41, 5.74) is 0. The van der Waals surface area contributed by atoms with Gasteiger partial charge in [0.25, 0.3) is 0 Å². The van der Waals surface area contributed by atoms with Crippen molar-refractivity contribution in [3.63, 3.8) is 0 Å². The molecule has 1 fully saturated rings. The number of nitrogens with zero attached hydrogens (tertiary/aromatic N) is 3. The number of halogens is 1. The van der Waals surface area contributed by atoms with Crippen LogP contribution in [0.15, 0.2) is 28.8 Å². The monoisotopic (exact) mass is 322 g/mol. The SMILES string of the molecule is CN1CCNCC1c1noc(CCOc2ccccc2Cl)n1. The number of nitrogens with one attached hydrogen (secondary N) is 1. The molecular formula is C15H19ClN4O2.